The highest BCUT2D eigenvalue weighted by Crippen LogP contribution is 2.15. The van der Waals surface area contributed by atoms with Crippen LogP contribution in [0.4, 0.5) is 5.82 Å². The summed E-state index contributed by atoms with van der Waals surface area (Å²) in [5, 5.41) is 0. The molecule has 0 aliphatic heterocycles. The first-order valence-electron chi connectivity index (χ1n) is 6.31. The van der Waals surface area contributed by atoms with Crippen molar-refractivity contribution in [3.8, 4) is 0 Å². The maximum absolute atomic E-state index is 5.32. The molecule has 0 spiro atoms. The van der Waals surface area contributed by atoms with E-state index >= 15 is 0 Å². The Bertz CT molecular complexity index is 507. The number of aromatic nitrogens is 3. The highest BCUT2D eigenvalue weighted by atomic mass is 16.5. The zero-order chi connectivity index (χ0) is 13.0. The van der Waals surface area contributed by atoms with E-state index in [9.17, 15) is 0 Å². The minimum Gasteiger partial charge on any atom is -0.382 e. The van der Waals surface area contributed by atoms with Gasteiger partial charge in [-0.1, -0.05) is 0 Å². The Morgan fingerprint density at radius 3 is 2.83 bits per heavy atom. The number of aromatic amines is 1. The number of aryl methyl sites for hydroxylation is 1. The Balaban J connectivity index is 2.07. The lowest BCUT2D eigenvalue weighted by molar-refractivity contribution is 0.145. The molecule has 2 rings (SSSR count). The normalized spacial score (nSPS) is 11.1. The first-order chi connectivity index (χ1) is 8.70. The van der Waals surface area contributed by atoms with Crippen LogP contribution < -0.4 is 4.90 Å². The Morgan fingerprint density at radius 1 is 1.28 bits per heavy atom. The molecule has 0 unspecified atom stereocenters. The zero-order valence-corrected chi connectivity index (χ0v) is 11.2. The van der Waals surface area contributed by atoms with Gasteiger partial charge in [0.2, 0.25) is 0 Å². The zero-order valence-electron chi connectivity index (χ0n) is 11.2. The third-order valence-electron chi connectivity index (χ3n) is 2.74. The second-order valence-corrected chi connectivity index (χ2v) is 4.42. The molecular formula is C13H20N4O. The van der Waals surface area contributed by atoms with Crippen molar-refractivity contribution in [1.29, 1.82) is 0 Å². The Morgan fingerprint density at radius 2 is 2.11 bits per heavy atom. The van der Waals surface area contributed by atoms with Crippen LogP contribution in [0.1, 0.15) is 19.2 Å². The fourth-order valence-corrected chi connectivity index (χ4v) is 1.79. The molecule has 2 aromatic rings. The lowest BCUT2D eigenvalue weighted by Gasteiger charge is -2.09. The van der Waals surface area contributed by atoms with Crippen LogP contribution in [0.15, 0.2) is 12.1 Å². The maximum atomic E-state index is 5.32. The number of hydrogen-bond acceptors (Lipinski definition) is 4. The second kappa shape index (κ2) is 5.82. The van der Waals surface area contributed by atoms with Crippen molar-refractivity contribution in [3.05, 3.63) is 18.0 Å². The Hall–Kier alpha value is -1.62. The number of H-pyrrole nitrogens is 1. The van der Waals surface area contributed by atoms with Gasteiger partial charge in [-0.3, -0.25) is 0 Å². The molecule has 18 heavy (non-hydrogen) atoms. The van der Waals surface area contributed by atoms with Gasteiger partial charge in [0.25, 0.3) is 0 Å². The van der Waals surface area contributed by atoms with E-state index in [0.29, 0.717) is 0 Å². The smallest absolute Gasteiger partial charge is 0.179 e. The summed E-state index contributed by atoms with van der Waals surface area (Å²) in [6.45, 7) is 3.56. The largest absolute Gasteiger partial charge is 0.382 e. The van der Waals surface area contributed by atoms with Crippen molar-refractivity contribution in [3.63, 3.8) is 0 Å². The number of nitrogens with zero attached hydrogens (tertiary/aromatic N) is 3. The van der Waals surface area contributed by atoms with E-state index in [1.54, 1.807) is 0 Å². The number of ether oxygens (including phenoxy) is 1. The SMILES string of the molecule is CCOCCCc1nc2nc(N(C)C)ccc2[nH]1. The summed E-state index contributed by atoms with van der Waals surface area (Å²) in [4.78, 5) is 14.3. The van der Waals surface area contributed by atoms with E-state index in [4.69, 9.17) is 4.74 Å². The quantitative estimate of drug-likeness (QED) is 0.794. The van der Waals surface area contributed by atoms with Crippen molar-refractivity contribution in [2.75, 3.05) is 32.2 Å². The van der Waals surface area contributed by atoms with Gasteiger partial charge >= 0.3 is 0 Å². The van der Waals surface area contributed by atoms with Gasteiger partial charge < -0.3 is 14.6 Å². The third-order valence-corrected chi connectivity index (χ3v) is 2.74. The van der Waals surface area contributed by atoms with Crippen LogP contribution in [0.2, 0.25) is 0 Å². The fourth-order valence-electron chi connectivity index (χ4n) is 1.79. The number of nitrogens with one attached hydrogen (secondary N) is 1. The summed E-state index contributed by atoms with van der Waals surface area (Å²) in [6, 6.07) is 4.02. The minimum absolute atomic E-state index is 0.772. The summed E-state index contributed by atoms with van der Waals surface area (Å²) in [6.07, 6.45) is 1.88. The molecular weight excluding hydrogens is 228 g/mol. The van der Waals surface area contributed by atoms with Gasteiger partial charge in [0.15, 0.2) is 5.65 Å². The van der Waals surface area contributed by atoms with Crippen molar-refractivity contribution in [2.24, 2.45) is 0 Å². The van der Waals surface area contributed by atoms with E-state index in [1.807, 2.05) is 38.1 Å². The number of imidazole rings is 1. The van der Waals surface area contributed by atoms with Crippen LogP contribution in [-0.2, 0) is 11.2 Å². The molecule has 2 heterocycles. The predicted octanol–water partition coefficient (Wildman–Crippen LogP) is 1.99. The van der Waals surface area contributed by atoms with Crippen LogP contribution in [0, 0.1) is 0 Å². The summed E-state index contributed by atoms with van der Waals surface area (Å²) in [7, 11) is 3.95. The lowest BCUT2D eigenvalue weighted by atomic mass is 10.3. The van der Waals surface area contributed by atoms with Gasteiger partial charge in [0.05, 0.1) is 5.52 Å². The Kier molecular flexibility index (Phi) is 4.15. The minimum atomic E-state index is 0.772. The molecule has 0 aliphatic rings. The van der Waals surface area contributed by atoms with Crippen LogP contribution in [0.25, 0.3) is 11.2 Å². The summed E-state index contributed by atoms with van der Waals surface area (Å²) in [5.41, 5.74) is 1.78. The van der Waals surface area contributed by atoms with E-state index in [1.165, 1.54) is 0 Å². The van der Waals surface area contributed by atoms with E-state index in [2.05, 4.69) is 15.0 Å². The predicted molar refractivity (Wildman–Crippen MR) is 73.0 cm³/mol. The van der Waals surface area contributed by atoms with Gasteiger partial charge in [-0.15, -0.1) is 0 Å². The van der Waals surface area contributed by atoms with Gasteiger partial charge in [0, 0.05) is 33.7 Å². The molecule has 5 heteroatoms. The molecule has 2 aromatic heterocycles. The molecule has 0 aliphatic carbocycles. The van der Waals surface area contributed by atoms with Crippen LogP contribution in [0.5, 0.6) is 0 Å². The van der Waals surface area contributed by atoms with Crippen molar-refractivity contribution >= 4 is 17.0 Å². The Labute approximate surface area is 107 Å². The number of rotatable bonds is 6. The van der Waals surface area contributed by atoms with Crippen LogP contribution >= 0.6 is 0 Å². The lowest BCUT2D eigenvalue weighted by Crippen LogP contribution is -2.10. The van der Waals surface area contributed by atoms with Gasteiger partial charge in [-0.2, -0.15) is 0 Å². The number of hydrogen-bond donors (Lipinski definition) is 1. The van der Waals surface area contributed by atoms with E-state index in [-0.39, 0.29) is 0 Å². The molecule has 0 atom stereocenters. The number of pyridine rings is 1. The van der Waals surface area contributed by atoms with Gasteiger partial charge in [-0.25, -0.2) is 9.97 Å². The standard InChI is InChI=1S/C13H20N4O/c1-4-18-9-5-6-11-14-10-7-8-12(17(2)3)16-13(10)15-11/h7-8H,4-6,9H2,1-3H3,(H,14,15,16). The van der Waals surface area contributed by atoms with Crippen molar-refractivity contribution in [2.45, 2.75) is 19.8 Å². The molecule has 0 fully saturated rings. The summed E-state index contributed by atoms with van der Waals surface area (Å²) < 4.78 is 5.32. The van der Waals surface area contributed by atoms with Gasteiger partial charge in [-0.05, 0) is 25.5 Å². The molecule has 0 saturated heterocycles. The average Bonchev–Trinajstić information content (AvgIpc) is 2.76. The number of fused-ring (bicyclic) bond motifs is 1. The topological polar surface area (TPSA) is 54.0 Å². The van der Waals surface area contributed by atoms with E-state index < -0.39 is 0 Å². The highest BCUT2D eigenvalue weighted by Gasteiger charge is 2.05. The third kappa shape index (κ3) is 2.98. The fraction of sp³-hybridized carbons (Fsp3) is 0.538. The molecule has 0 amide bonds. The molecule has 5 nitrogen and oxygen atoms in total. The van der Waals surface area contributed by atoms with E-state index in [0.717, 1.165) is 48.9 Å². The molecule has 0 bridgehead atoms. The molecule has 1 N–H and O–H groups in total. The van der Waals surface area contributed by atoms with Crippen molar-refractivity contribution < 1.29 is 4.74 Å². The maximum Gasteiger partial charge on any atom is 0.179 e. The molecule has 0 radical (unpaired) electrons. The highest BCUT2D eigenvalue weighted by molar-refractivity contribution is 5.73. The number of anilines is 1. The summed E-state index contributed by atoms with van der Waals surface area (Å²) in [5.74, 6) is 1.91. The molecule has 0 aromatic carbocycles. The first kappa shape index (κ1) is 12.8. The molecule has 0 saturated carbocycles. The van der Waals surface area contributed by atoms with Gasteiger partial charge in [0.1, 0.15) is 11.6 Å². The van der Waals surface area contributed by atoms with Crippen LogP contribution in [0.3, 0.4) is 0 Å². The first-order valence-corrected chi connectivity index (χ1v) is 6.31. The average molecular weight is 248 g/mol. The summed E-state index contributed by atoms with van der Waals surface area (Å²) >= 11 is 0. The second-order valence-electron chi connectivity index (χ2n) is 4.42. The van der Waals surface area contributed by atoms with Crippen LogP contribution in [-0.4, -0.2) is 42.3 Å². The van der Waals surface area contributed by atoms with Crippen molar-refractivity contribution in [1.82, 2.24) is 15.0 Å². The monoisotopic (exact) mass is 248 g/mol. The molecule has 98 valence electrons.